The Balaban J connectivity index is 1.27. The lowest BCUT2D eigenvalue weighted by Crippen LogP contribution is -2.36. The number of likely N-dealkylation sites (tertiary alicyclic amines) is 1. The summed E-state index contributed by atoms with van der Waals surface area (Å²) in [4.78, 5) is 14.1. The summed E-state index contributed by atoms with van der Waals surface area (Å²) in [5.74, 6) is 0.219. The van der Waals surface area contributed by atoms with E-state index < -0.39 is 0 Å². The van der Waals surface area contributed by atoms with Gasteiger partial charge in [-0.25, -0.2) is 0 Å². The summed E-state index contributed by atoms with van der Waals surface area (Å²) in [5.41, 5.74) is 0. The van der Waals surface area contributed by atoms with Gasteiger partial charge in [0, 0.05) is 44.2 Å². The minimum absolute atomic E-state index is 0.219. The molecule has 17 heavy (non-hydrogen) atoms. The predicted octanol–water partition coefficient (Wildman–Crippen LogP) is 0.481. The largest absolute Gasteiger partial charge is 0.353 e. The smallest absolute Gasteiger partial charge is 0.221 e. The van der Waals surface area contributed by atoms with E-state index in [0.717, 1.165) is 12.6 Å². The molecule has 0 aromatic carbocycles. The van der Waals surface area contributed by atoms with Gasteiger partial charge in [0.1, 0.15) is 0 Å². The Morgan fingerprint density at radius 1 is 1.12 bits per heavy atom. The van der Waals surface area contributed by atoms with Crippen LogP contribution in [-0.2, 0) is 4.79 Å². The van der Waals surface area contributed by atoms with E-state index in [2.05, 4.69) is 15.5 Å². The third-order valence-corrected chi connectivity index (χ3v) is 4.01. The molecule has 0 aromatic rings. The second-order valence-corrected chi connectivity index (χ2v) is 5.76. The number of carbonyl (C=O) groups excluding carboxylic acids is 1. The van der Waals surface area contributed by atoms with Crippen molar-refractivity contribution >= 4 is 5.91 Å². The van der Waals surface area contributed by atoms with Crippen molar-refractivity contribution in [2.45, 2.75) is 56.7 Å². The third-order valence-electron chi connectivity index (χ3n) is 4.01. The molecule has 0 aromatic heterocycles. The van der Waals surface area contributed by atoms with Crippen molar-refractivity contribution in [3.63, 3.8) is 0 Å². The first kappa shape index (κ1) is 11.5. The molecule has 0 radical (unpaired) electrons. The van der Waals surface area contributed by atoms with Gasteiger partial charge in [0.15, 0.2) is 0 Å². The number of amides is 1. The molecule has 2 saturated carbocycles. The molecule has 0 bridgehead atoms. The molecule has 96 valence electrons. The van der Waals surface area contributed by atoms with Crippen LogP contribution < -0.4 is 10.6 Å². The average molecular weight is 237 g/mol. The van der Waals surface area contributed by atoms with Crippen molar-refractivity contribution in [2.24, 2.45) is 0 Å². The summed E-state index contributed by atoms with van der Waals surface area (Å²) in [7, 11) is 0. The van der Waals surface area contributed by atoms with Crippen molar-refractivity contribution < 1.29 is 4.79 Å². The van der Waals surface area contributed by atoms with Gasteiger partial charge in [0.05, 0.1) is 0 Å². The second-order valence-electron chi connectivity index (χ2n) is 5.76. The Kier molecular flexibility index (Phi) is 3.34. The van der Waals surface area contributed by atoms with E-state index in [9.17, 15) is 4.79 Å². The maximum atomic E-state index is 11.5. The lowest BCUT2D eigenvalue weighted by atomic mass is 10.2. The molecule has 1 atom stereocenters. The molecule has 1 amide bonds. The minimum atomic E-state index is 0.219. The highest BCUT2D eigenvalue weighted by Crippen LogP contribution is 2.29. The number of rotatable bonds is 6. The van der Waals surface area contributed by atoms with Gasteiger partial charge in [-0.05, 0) is 32.1 Å². The van der Waals surface area contributed by atoms with E-state index in [1.807, 2.05) is 0 Å². The fourth-order valence-electron chi connectivity index (χ4n) is 2.64. The van der Waals surface area contributed by atoms with Gasteiger partial charge in [0.2, 0.25) is 5.91 Å². The van der Waals surface area contributed by atoms with E-state index >= 15 is 0 Å². The Morgan fingerprint density at radius 3 is 2.65 bits per heavy atom. The molecule has 1 saturated heterocycles. The van der Waals surface area contributed by atoms with E-state index in [-0.39, 0.29) is 5.91 Å². The van der Waals surface area contributed by atoms with Crippen LogP contribution in [0, 0.1) is 0 Å². The van der Waals surface area contributed by atoms with Crippen LogP contribution in [0.1, 0.15) is 38.5 Å². The van der Waals surface area contributed by atoms with Gasteiger partial charge in [0.25, 0.3) is 0 Å². The first-order valence-electron chi connectivity index (χ1n) is 7.08. The molecule has 3 aliphatic rings. The van der Waals surface area contributed by atoms with Crippen LogP contribution in [0.5, 0.6) is 0 Å². The Labute approximate surface area is 103 Å². The molecule has 3 fully saturated rings. The molecule has 4 heteroatoms. The van der Waals surface area contributed by atoms with Crippen LogP contribution in [0.3, 0.4) is 0 Å². The van der Waals surface area contributed by atoms with Gasteiger partial charge in [-0.1, -0.05) is 0 Å². The molecule has 2 aliphatic carbocycles. The van der Waals surface area contributed by atoms with Crippen LogP contribution in [0.2, 0.25) is 0 Å². The van der Waals surface area contributed by atoms with Crippen molar-refractivity contribution in [2.75, 3.05) is 19.6 Å². The monoisotopic (exact) mass is 237 g/mol. The molecule has 1 unspecified atom stereocenters. The second kappa shape index (κ2) is 4.94. The summed E-state index contributed by atoms with van der Waals surface area (Å²) in [5, 5.41) is 6.54. The average Bonchev–Trinajstić information content (AvgIpc) is 3.21. The maximum absolute atomic E-state index is 11.5. The van der Waals surface area contributed by atoms with Gasteiger partial charge in [-0.15, -0.1) is 0 Å². The van der Waals surface area contributed by atoms with Crippen molar-refractivity contribution in [1.29, 1.82) is 0 Å². The number of carbonyl (C=O) groups is 1. The number of hydrogen-bond acceptors (Lipinski definition) is 3. The molecular formula is C13H23N3O. The summed E-state index contributed by atoms with van der Waals surface area (Å²) < 4.78 is 0. The maximum Gasteiger partial charge on any atom is 0.221 e. The van der Waals surface area contributed by atoms with Crippen LogP contribution in [0.15, 0.2) is 0 Å². The molecule has 1 heterocycles. The fourth-order valence-corrected chi connectivity index (χ4v) is 2.64. The van der Waals surface area contributed by atoms with Crippen molar-refractivity contribution in [3.8, 4) is 0 Å². The Bertz CT molecular complexity index is 286. The van der Waals surface area contributed by atoms with Crippen LogP contribution in [-0.4, -0.2) is 48.6 Å². The molecule has 2 N–H and O–H groups in total. The molecule has 1 aliphatic heterocycles. The zero-order chi connectivity index (χ0) is 11.7. The number of nitrogens with zero attached hydrogens (tertiary/aromatic N) is 1. The van der Waals surface area contributed by atoms with Gasteiger partial charge in [-0.2, -0.15) is 0 Å². The lowest BCUT2D eigenvalue weighted by molar-refractivity contribution is -0.121. The van der Waals surface area contributed by atoms with Crippen LogP contribution in [0.25, 0.3) is 0 Å². The standard InChI is InChI=1S/C13H23N3O/c17-13(15-10-1-2-10)5-7-14-11-6-8-16(9-11)12-3-4-12/h10-12,14H,1-9H2,(H,15,17). The summed E-state index contributed by atoms with van der Waals surface area (Å²) in [6.07, 6.45) is 7.04. The highest BCUT2D eigenvalue weighted by molar-refractivity contribution is 5.76. The quantitative estimate of drug-likeness (QED) is 0.706. The summed E-state index contributed by atoms with van der Waals surface area (Å²) >= 11 is 0. The Hall–Kier alpha value is -0.610. The van der Waals surface area contributed by atoms with E-state index in [1.165, 1.54) is 45.2 Å². The zero-order valence-electron chi connectivity index (χ0n) is 10.5. The van der Waals surface area contributed by atoms with Crippen molar-refractivity contribution in [3.05, 3.63) is 0 Å². The fraction of sp³-hybridized carbons (Fsp3) is 0.923. The van der Waals surface area contributed by atoms with E-state index in [0.29, 0.717) is 18.5 Å². The molecular weight excluding hydrogens is 214 g/mol. The van der Waals surface area contributed by atoms with Crippen LogP contribution in [0.4, 0.5) is 0 Å². The van der Waals surface area contributed by atoms with Crippen molar-refractivity contribution in [1.82, 2.24) is 15.5 Å². The molecule has 3 rings (SSSR count). The molecule has 0 spiro atoms. The normalized spacial score (nSPS) is 29.5. The van der Waals surface area contributed by atoms with Gasteiger partial charge in [-0.3, -0.25) is 9.69 Å². The molecule has 4 nitrogen and oxygen atoms in total. The Morgan fingerprint density at radius 2 is 1.94 bits per heavy atom. The zero-order valence-corrected chi connectivity index (χ0v) is 10.5. The lowest BCUT2D eigenvalue weighted by Gasteiger charge is -2.15. The van der Waals surface area contributed by atoms with Gasteiger partial charge < -0.3 is 10.6 Å². The minimum Gasteiger partial charge on any atom is -0.353 e. The highest BCUT2D eigenvalue weighted by Gasteiger charge is 2.34. The SMILES string of the molecule is O=C(CCNC1CCN(C2CC2)C1)NC1CC1. The van der Waals surface area contributed by atoms with E-state index in [4.69, 9.17) is 0 Å². The van der Waals surface area contributed by atoms with Gasteiger partial charge >= 0.3 is 0 Å². The van der Waals surface area contributed by atoms with E-state index in [1.54, 1.807) is 0 Å². The topological polar surface area (TPSA) is 44.4 Å². The summed E-state index contributed by atoms with van der Waals surface area (Å²) in [6, 6.07) is 2.00. The summed E-state index contributed by atoms with van der Waals surface area (Å²) in [6.45, 7) is 3.27. The predicted molar refractivity (Wildman–Crippen MR) is 66.8 cm³/mol. The number of nitrogens with one attached hydrogen (secondary N) is 2. The third kappa shape index (κ3) is 3.42. The first-order valence-corrected chi connectivity index (χ1v) is 7.08. The number of hydrogen-bond donors (Lipinski definition) is 2. The first-order chi connectivity index (χ1) is 8.31. The highest BCUT2D eigenvalue weighted by atomic mass is 16.1. The van der Waals surface area contributed by atoms with Crippen LogP contribution >= 0.6 is 0 Å².